The Morgan fingerprint density at radius 2 is 2.15 bits per heavy atom. The van der Waals surface area contributed by atoms with Crippen LogP contribution in [0.15, 0.2) is 35.7 Å². The molecule has 106 valence electrons. The van der Waals surface area contributed by atoms with Gasteiger partial charge in [-0.25, -0.2) is 9.37 Å². The molecule has 2 aromatic rings. The molecule has 0 spiro atoms. The van der Waals surface area contributed by atoms with Gasteiger partial charge in [-0.15, -0.1) is 0 Å². The predicted molar refractivity (Wildman–Crippen MR) is 74.7 cm³/mol. The highest BCUT2D eigenvalue weighted by atomic mass is 32.2. The number of hydrogen-bond acceptors (Lipinski definition) is 4. The number of thioether (sulfide) groups is 1. The number of nitrogens with zero attached hydrogens (tertiary/aromatic N) is 3. The standard InChI is InChI=1S/C13H15FN4OS/c1-9(10-3-5-11(14)6-4-10)18(2)12(19)7-20-13-15-8-16-17-13/h3-6,8-9H,7H2,1-2H3,(H,15,16,17). The van der Waals surface area contributed by atoms with Gasteiger partial charge in [-0.2, -0.15) is 5.10 Å². The number of aromatic nitrogens is 3. The lowest BCUT2D eigenvalue weighted by Gasteiger charge is -2.25. The fraction of sp³-hybridized carbons (Fsp3) is 0.308. The number of amides is 1. The predicted octanol–water partition coefficient (Wildman–Crippen LogP) is 2.26. The summed E-state index contributed by atoms with van der Waals surface area (Å²) in [6.45, 7) is 1.91. The Labute approximate surface area is 120 Å². The third-order valence-corrected chi connectivity index (χ3v) is 3.91. The lowest BCUT2D eigenvalue weighted by molar-refractivity contribution is -0.128. The zero-order valence-corrected chi connectivity index (χ0v) is 12.0. The van der Waals surface area contributed by atoms with E-state index < -0.39 is 0 Å². The number of hydrogen-bond donors (Lipinski definition) is 1. The van der Waals surface area contributed by atoms with Crippen LogP contribution in [0.25, 0.3) is 0 Å². The molecular weight excluding hydrogens is 279 g/mol. The second-order valence-corrected chi connectivity index (χ2v) is 5.28. The van der Waals surface area contributed by atoms with E-state index in [0.717, 1.165) is 5.56 Å². The molecule has 0 aliphatic rings. The fourth-order valence-electron chi connectivity index (χ4n) is 1.68. The molecule has 1 unspecified atom stereocenters. The monoisotopic (exact) mass is 294 g/mol. The molecule has 7 heteroatoms. The minimum atomic E-state index is -0.282. The van der Waals surface area contributed by atoms with E-state index in [9.17, 15) is 9.18 Å². The van der Waals surface area contributed by atoms with Crippen molar-refractivity contribution in [1.82, 2.24) is 20.1 Å². The number of nitrogens with one attached hydrogen (secondary N) is 1. The van der Waals surface area contributed by atoms with E-state index in [0.29, 0.717) is 5.16 Å². The maximum absolute atomic E-state index is 12.9. The highest BCUT2D eigenvalue weighted by Gasteiger charge is 2.17. The molecule has 1 heterocycles. The minimum Gasteiger partial charge on any atom is -0.338 e. The molecular formula is C13H15FN4OS. The van der Waals surface area contributed by atoms with Crippen molar-refractivity contribution in [2.45, 2.75) is 18.1 Å². The van der Waals surface area contributed by atoms with Crippen molar-refractivity contribution in [3.05, 3.63) is 42.0 Å². The molecule has 2 rings (SSSR count). The van der Waals surface area contributed by atoms with Gasteiger partial charge in [-0.1, -0.05) is 23.9 Å². The first-order chi connectivity index (χ1) is 9.58. The van der Waals surface area contributed by atoms with Gasteiger partial charge in [0.1, 0.15) is 12.1 Å². The van der Waals surface area contributed by atoms with Gasteiger partial charge in [-0.3, -0.25) is 9.89 Å². The van der Waals surface area contributed by atoms with Crippen molar-refractivity contribution < 1.29 is 9.18 Å². The number of benzene rings is 1. The van der Waals surface area contributed by atoms with Crippen LogP contribution < -0.4 is 0 Å². The molecule has 1 atom stereocenters. The van der Waals surface area contributed by atoms with Crippen LogP contribution in [0.1, 0.15) is 18.5 Å². The zero-order valence-electron chi connectivity index (χ0n) is 11.2. The first-order valence-corrected chi connectivity index (χ1v) is 7.06. The normalized spacial score (nSPS) is 12.2. The van der Waals surface area contributed by atoms with Gasteiger partial charge in [0.2, 0.25) is 5.91 Å². The lowest BCUT2D eigenvalue weighted by Crippen LogP contribution is -2.31. The molecule has 0 saturated heterocycles. The summed E-state index contributed by atoms with van der Waals surface area (Å²) in [7, 11) is 1.73. The van der Waals surface area contributed by atoms with Crippen LogP contribution in [0, 0.1) is 5.82 Å². The Hall–Kier alpha value is -1.89. The lowest BCUT2D eigenvalue weighted by atomic mass is 10.1. The maximum Gasteiger partial charge on any atom is 0.233 e. The Kier molecular flexibility index (Phi) is 4.73. The first kappa shape index (κ1) is 14.5. The third-order valence-electron chi connectivity index (χ3n) is 3.05. The van der Waals surface area contributed by atoms with Crippen molar-refractivity contribution in [2.24, 2.45) is 0 Å². The molecule has 0 aliphatic carbocycles. The van der Waals surface area contributed by atoms with E-state index in [1.807, 2.05) is 6.92 Å². The number of carbonyl (C=O) groups is 1. The minimum absolute atomic E-state index is 0.0248. The number of aromatic amines is 1. The van der Waals surface area contributed by atoms with Crippen LogP contribution in [0.5, 0.6) is 0 Å². The molecule has 1 aromatic heterocycles. The highest BCUT2D eigenvalue weighted by Crippen LogP contribution is 2.21. The van der Waals surface area contributed by atoms with Gasteiger partial charge in [0.25, 0.3) is 0 Å². The van der Waals surface area contributed by atoms with E-state index in [1.54, 1.807) is 24.1 Å². The molecule has 5 nitrogen and oxygen atoms in total. The van der Waals surface area contributed by atoms with E-state index in [-0.39, 0.29) is 23.5 Å². The number of rotatable bonds is 5. The van der Waals surface area contributed by atoms with E-state index in [2.05, 4.69) is 15.2 Å². The topological polar surface area (TPSA) is 61.9 Å². The maximum atomic E-state index is 12.9. The van der Waals surface area contributed by atoms with Crippen molar-refractivity contribution >= 4 is 17.7 Å². The summed E-state index contributed by atoms with van der Waals surface area (Å²) < 4.78 is 12.9. The van der Waals surface area contributed by atoms with Gasteiger partial charge >= 0.3 is 0 Å². The molecule has 0 radical (unpaired) electrons. The largest absolute Gasteiger partial charge is 0.338 e. The fourth-order valence-corrected chi connectivity index (χ4v) is 2.38. The summed E-state index contributed by atoms with van der Waals surface area (Å²) in [4.78, 5) is 17.7. The van der Waals surface area contributed by atoms with E-state index in [1.165, 1.54) is 30.2 Å². The molecule has 0 aliphatic heterocycles. The summed E-state index contributed by atoms with van der Waals surface area (Å²) in [5, 5.41) is 7.02. The molecule has 1 aromatic carbocycles. The highest BCUT2D eigenvalue weighted by molar-refractivity contribution is 7.99. The molecule has 0 fully saturated rings. The average molecular weight is 294 g/mol. The van der Waals surface area contributed by atoms with Crippen LogP contribution in [0.4, 0.5) is 4.39 Å². The van der Waals surface area contributed by atoms with Crippen LogP contribution in [-0.2, 0) is 4.79 Å². The van der Waals surface area contributed by atoms with Crippen LogP contribution in [0.2, 0.25) is 0 Å². The number of halogens is 1. The first-order valence-electron chi connectivity index (χ1n) is 6.07. The second-order valence-electron chi connectivity index (χ2n) is 4.31. The Morgan fingerprint density at radius 1 is 1.45 bits per heavy atom. The molecule has 20 heavy (non-hydrogen) atoms. The average Bonchev–Trinajstić information content (AvgIpc) is 2.97. The quantitative estimate of drug-likeness (QED) is 0.859. The number of H-pyrrole nitrogens is 1. The molecule has 0 bridgehead atoms. The molecule has 1 N–H and O–H groups in total. The van der Waals surface area contributed by atoms with Crippen LogP contribution in [0.3, 0.4) is 0 Å². The SMILES string of the molecule is CC(c1ccc(F)cc1)N(C)C(=O)CSc1ncn[nH]1. The second kappa shape index (κ2) is 6.51. The van der Waals surface area contributed by atoms with Gasteiger partial charge in [-0.05, 0) is 24.6 Å². The van der Waals surface area contributed by atoms with Gasteiger partial charge in [0.15, 0.2) is 5.16 Å². The van der Waals surface area contributed by atoms with E-state index >= 15 is 0 Å². The third kappa shape index (κ3) is 3.57. The summed E-state index contributed by atoms with van der Waals surface area (Å²) in [6.07, 6.45) is 1.40. The Bertz CT molecular complexity index is 558. The smallest absolute Gasteiger partial charge is 0.233 e. The van der Waals surface area contributed by atoms with E-state index in [4.69, 9.17) is 0 Å². The van der Waals surface area contributed by atoms with Crippen molar-refractivity contribution in [3.63, 3.8) is 0 Å². The summed E-state index contributed by atoms with van der Waals surface area (Å²) in [5.74, 6) is -0.0314. The van der Waals surface area contributed by atoms with Crippen molar-refractivity contribution in [1.29, 1.82) is 0 Å². The Balaban J connectivity index is 1.93. The molecule has 0 saturated carbocycles. The summed E-state index contributed by atoms with van der Waals surface area (Å²) >= 11 is 1.30. The molecule has 1 amide bonds. The summed E-state index contributed by atoms with van der Waals surface area (Å²) in [5.41, 5.74) is 0.895. The Morgan fingerprint density at radius 3 is 2.75 bits per heavy atom. The van der Waals surface area contributed by atoms with Crippen LogP contribution in [-0.4, -0.2) is 38.8 Å². The van der Waals surface area contributed by atoms with Crippen molar-refractivity contribution in [2.75, 3.05) is 12.8 Å². The van der Waals surface area contributed by atoms with Gasteiger partial charge in [0.05, 0.1) is 11.8 Å². The summed E-state index contributed by atoms with van der Waals surface area (Å²) in [6, 6.07) is 6.06. The van der Waals surface area contributed by atoms with Crippen molar-refractivity contribution in [3.8, 4) is 0 Å². The van der Waals surface area contributed by atoms with Gasteiger partial charge in [0, 0.05) is 7.05 Å². The van der Waals surface area contributed by atoms with Crippen LogP contribution >= 0.6 is 11.8 Å². The zero-order chi connectivity index (χ0) is 14.5. The van der Waals surface area contributed by atoms with Gasteiger partial charge < -0.3 is 4.90 Å². The number of carbonyl (C=O) groups excluding carboxylic acids is 1.